The smallest absolute Gasteiger partial charge is 0.244 e. The molecule has 0 aliphatic heterocycles. The van der Waals surface area contributed by atoms with Crippen LogP contribution in [-0.4, -0.2) is 24.7 Å². The van der Waals surface area contributed by atoms with Crippen molar-refractivity contribution in [3.63, 3.8) is 0 Å². The van der Waals surface area contributed by atoms with Crippen LogP contribution < -0.4 is 10.1 Å². The predicted octanol–water partition coefficient (Wildman–Crippen LogP) is 4.56. The highest BCUT2D eigenvalue weighted by Crippen LogP contribution is 2.18. The maximum Gasteiger partial charge on any atom is 0.244 e. The van der Waals surface area contributed by atoms with Crippen LogP contribution in [0.1, 0.15) is 55.8 Å². The first-order chi connectivity index (χ1) is 11.7. The minimum absolute atomic E-state index is 0.117. The maximum atomic E-state index is 12.0. The largest absolute Gasteiger partial charge is 0.497 e. The Bertz CT molecular complexity index is 543. The molecule has 132 valence electrons. The van der Waals surface area contributed by atoms with E-state index in [1.165, 1.54) is 37.2 Å². The number of hydrogen-bond acceptors (Lipinski definition) is 4. The van der Waals surface area contributed by atoms with Crippen LogP contribution in [-0.2, 0) is 4.79 Å². The predicted molar refractivity (Wildman–Crippen MR) is 100 cm³/mol. The zero-order valence-electron chi connectivity index (χ0n) is 14.5. The minimum atomic E-state index is -0.158. The first-order valence-electron chi connectivity index (χ1n) is 8.46. The summed E-state index contributed by atoms with van der Waals surface area (Å²) in [5, 5.41) is 4.24. The first kappa shape index (κ1) is 20.3. The third kappa shape index (κ3) is 8.77. The molecule has 0 aliphatic carbocycles. The van der Waals surface area contributed by atoms with Crippen LogP contribution in [0.5, 0.6) is 5.75 Å². The van der Waals surface area contributed by atoms with Gasteiger partial charge in [0.1, 0.15) is 5.75 Å². The van der Waals surface area contributed by atoms with E-state index >= 15 is 0 Å². The lowest BCUT2D eigenvalue weighted by molar-refractivity contribution is -0.116. The zero-order valence-corrected chi connectivity index (χ0v) is 15.4. The van der Waals surface area contributed by atoms with E-state index in [0.29, 0.717) is 17.9 Å². The number of carbonyl (C=O) groups excluding carboxylic acids is 2. The van der Waals surface area contributed by atoms with Crippen molar-refractivity contribution in [1.82, 2.24) is 5.32 Å². The third-order valence-corrected chi connectivity index (χ3v) is 4.25. The van der Waals surface area contributed by atoms with Gasteiger partial charge in [-0.1, -0.05) is 62.9 Å². The lowest BCUT2D eigenvalue weighted by atomic mass is 10.1. The van der Waals surface area contributed by atoms with Gasteiger partial charge in [-0.25, -0.2) is 0 Å². The molecule has 0 heterocycles. The molecule has 0 spiro atoms. The van der Waals surface area contributed by atoms with E-state index in [2.05, 4.69) is 12.2 Å². The highest BCUT2D eigenvalue weighted by molar-refractivity contribution is 8.16. The number of amides is 1. The van der Waals surface area contributed by atoms with E-state index < -0.39 is 0 Å². The Balaban J connectivity index is 2.21. The molecule has 0 saturated carbocycles. The summed E-state index contributed by atoms with van der Waals surface area (Å²) in [7, 11) is 1.56. The van der Waals surface area contributed by atoms with Gasteiger partial charge in [-0.15, -0.1) is 0 Å². The van der Waals surface area contributed by atoms with Crippen LogP contribution in [0.4, 0.5) is 0 Å². The molecule has 0 aliphatic rings. The van der Waals surface area contributed by atoms with Crippen molar-refractivity contribution in [3.05, 3.63) is 41.3 Å². The van der Waals surface area contributed by atoms with Gasteiger partial charge >= 0.3 is 0 Å². The van der Waals surface area contributed by atoms with E-state index in [1.807, 2.05) is 0 Å². The van der Waals surface area contributed by atoms with E-state index in [9.17, 15) is 9.59 Å². The fraction of sp³-hybridized carbons (Fsp3) is 0.474. The second kappa shape index (κ2) is 12.6. The summed E-state index contributed by atoms with van der Waals surface area (Å²) < 4.78 is 5.09. The van der Waals surface area contributed by atoms with E-state index in [-0.39, 0.29) is 11.0 Å². The lowest BCUT2D eigenvalue weighted by Crippen LogP contribution is -2.21. The molecule has 0 atom stereocenters. The fourth-order valence-electron chi connectivity index (χ4n) is 2.15. The van der Waals surface area contributed by atoms with Gasteiger partial charge in [0, 0.05) is 18.2 Å². The van der Waals surface area contributed by atoms with Crippen molar-refractivity contribution in [1.29, 1.82) is 0 Å². The lowest BCUT2D eigenvalue weighted by Gasteiger charge is -2.03. The average Bonchev–Trinajstić information content (AvgIpc) is 2.61. The third-order valence-electron chi connectivity index (χ3n) is 3.53. The molecule has 0 bridgehead atoms. The normalized spacial score (nSPS) is 10.8. The number of unbranched alkanes of at least 4 members (excludes halogenated alkanes) is 5. The molecule has 0 aromatic heterocycles. The monoisotopic (exact) mass is 349 g/mol. The van der Waals surface area contributed by atoms with Crippen LogP contribution in [0.2, 0.25) is 0 Å². The number of nitrogens with one attached hydrogen (secondary N) is 1. The Morgan fingerprint density at radius 1 is 1.17 bits per heavy atom. The number of thioether (sulfide) groups is 1. The first-order valence-corrected chi connectivity index (χ1v) is 9.34. The van der Waals surface area contributed by atoms with Crippen LogP contribution in [0.3, 0.4) is 0 Å². The van der Waals surface area contributed by atoms with Crippen LogP contribution >= 0.6 is 11.8 Å². The summed E-state index contributed by atoms with van der Waals surface area (Å²) in [6, 6.07) is 6.96. The Morgan fingerprint density at radius 3 is 2.67 bits per heavy atom. The van der Waals surface area contributed by atoms with Crippen molar-refractivity contribution in [3.8, 4) is 5.75 Å². The van der Waals surface area contributed by atoms with E-state index in [4.69, 9.17) is 4.74 Å². The summed E-state index contributed by atoms with van der Waals surface area (Å²) >= 11 is 0.994. The summed E-state index contributed by atoms with van der Waals surface area (Å²) in [5.74, 6) is 0.483. The summed E-state index contributed by atoms with van der Waals surface area (Å²) in [6.07, 6.45) is 8.57. The van der Waals surface area contributed by atoms with E-state index in [1.54, 1.807) is 31.4 Å². The average molecular weight is 349 g/mol. The number of hydrogen-bond donors (Lipinski definition) is 1. The molecule has 0 radical (unpaired) electrons. The number of benzene rings is 1. The number of rotatable bonds is 11. The zero-order chi connectivity index (χ0) is 17.6. The van der Waals surface area contributed by atoms with Gasteiger partial charge < -0.3 is 10.1 Å². The molecule has 1 aromatic carbocycles. The Kier molecular flexibility index (Phi) is 10.7. The van der Waals surface area contributed by atoms with Crippen molar-refractivity contribution in [2.24, 2.45) is 0 Å². The molecule has 1 N–H and O–H groups in total. The van der Waals surface area contributed by atoms with Gasteiger partial charge in [-0.2, -0.15) is 0 Å². The van der Waals surface area contributed by atoms with Gasteiger partial charge in [0.2, 0.25) is 11.0 Å². The quantitative estimate of drug-likeness (QED) is 0.470. The molecule has 0 unspecified atom stereocenters. The van der Waals surface area contributed by atoms with Crippen LogP contribution in [0.15, 0.2) is 35.7 Å². The van der Waals surface area contributed by atoms with Gasteiger partial charge in [-0.3, -0.25) is 9.59 Å². The molecule has 0 fully saturated rings. The second-order valence-electron chi connectivity index (χ2n) is 5.50. The number of carbonyl (C=O) groups is 2. The van der Waals surface area contributed by atoms with Crippen molar-refractivity contribution < 1.29 is 14.3 Å². The Morgan fingerprint density at radius 2 is 1.92 bits per heavy atom. The van der Waals surface area contributed by atoms with Gasteiger partial charge in [-0.05, 0) is 24.0 Å². The van der Waals surface area contributed by atoms with Gasteiger partial charge in [0.25, 0.3) is 0 Å². The van der Waals surface area contributed by atoms with Crippen molar-refractivity contribution in [2.75, 3.05) is 13.7 Å². The molecule has 4 nitrogen and oxygen atoms in total. The van der Waals surface area contributed by atoms with Crippen LogP contribution in [0, 0.1) is 0 Å². The number of methoxy groups -OCH3 is 1. The van der Waals surface area contributed by atoms with Crippen molar-refractivity contribution in [2.45, 2.75) is 45.4 Å². The molecule has 1 rings (SSSR count). The maximum absolute atomic E-state index is 12.0. The van der Waals surface area contributed by atoms with Crippen molar-refractivity contribution >= 4 is 22.8 Å². The van der Waals surface area contributed by atoms with E-state index in [0.717, 1.165) is 24.6 Å². The standard InChI is InChI=1S/C19H27NO3S/c1-3-4-5-6-7-8-13-20-18(21)12-14-24-19(22)16-10-9-11-17(15-16)23-2/h9-12,14-15H,3-8,13H2,1-2H3,(H,20,21)/b14-12-. The Hall–Kier alpha value is -1.75. The molecule has 24 heavy (non-hydrogen) atoms. The molecule has 1 aromatic rings. The van der Waals surface area contributed by atoms with Crippen LogP contribution in [0.25, 0.3) is 0 Å². The highest BCUT2D eigenvalue weighted by Gasteiger charge is 2.06. The summed E-state index contributed by atoms with van der Waals surface area (Å²) in [6.45, 7) is 2.88. The molecular formula is C19H27NO3S. The Labute approximate surface area is 149 Å². The molecule has 0 saturated heterocycles. The fourth-order valence-corrected chi connectivity index (χ4v) is 2.73. The summed E-state index contributed by atoms with van der Waals surface area (Å²) in [4.78, 5) is 23.7. The number of ether oxygens (including phenoxy) is 1. The topological polar surface area (TPSA) is 55.4 Å². The van der Waals surface area contributed by atoms with Gasteiger partial charge in [0.05, 0.1) is 7.11 Å². The highest BCUT2D eigenvalue weighted by atomic mass is 32.2. The molecule has 1 amide bonds. The molecule has 5 heteroatoms. The second-order valence-corrected chi connectivity index (χ2v) is 6.38. The SMILES string of the molecule is CCCCCCCCNC(=O)/C=C\SC(=O)c1cccc(OC)c1. The minimum Gasteiger partial charge on any atom is -0.497 e. The van der Waals surface area contributed by atoms with Gasteiger partial charge in [0.15, 0.2) is 0 Å². The summed E-state index contributed by atoms with van der Waals surface area (Å²) in [5.41, 5.74) is 0.552. The molecular weight excluding hydrogens is 322 g/mol.